The molecule has 1 aliphatic heterocycles. The average Bonchev–Trinajstić information content (AvgIpc) is 3.44. The van der Waals surface area contributed by atoms with Gasteiger partial charge in [0, 0.05) is 11.6 Å². The molecule has 1 heterocycles. The minimum atomic E-state index is -1.11. The smallest absolute Gasteiger partial charge is 0.337 e. The van der Waals surface area contributed by atoms with Crippen LogP contribution in [0.5, 0.6) is 0 Å². The molecular weight excluding hydrogens is 364 g/mol. The first-order valence-corrected chi connectivity index (χ1v) is 9.34. The van der Waals surface area contributed by atoms with Gasteiger partial charge in [0.15, 0.2) is 0 Å². The third kappa shape index (κ3) is 15.8. The number of carboxylic acids is 1. The van der Waals surface area contributed by atoms with E-state index in [2.05, 4.69) is 27.0 Å². The standard InChI is InChI=1S/C14H22O4.C7H10O3/c1-11(2)7-5-4-6-10-18-14(17)12(3)8-9-13(15)16;1-5(2)7(8)10-4-6-3-9-6/h8-9,11H,3-7,10H2,1-2H3,(H,15,16);6H,1,3-4H2,2H3. The maximum Gasteiger partial charge on any atom is 0.337 e. The van der Waals surface area contributed by atoms with E-state index in [9.17, 15) is 14.4 Å². The summed E-state index contributed by atoms with van der Waals surface area (Å²) in [5.74, 6) is -1.31. The lowest BCUT2D eigenvalue weighted by atomic mass is 10.1. The number of ether oxygens (including phenoxy) is 3. The quantitative estimate of drug-likeness (QED) is 0.177. The zero-order valence-corrected chi connectivity index (χ0v) is 17.1. The van der Waals surface area contributed by atoms with Crippen molar-refractivity contribution in [2.24, 2.45) is 5.92 Å². The van der Waals surface area contributed by atoms with Gasteiger partial charge in [-0.3, -0.25) is 0 Å². The molecule has 1 atom stereocenters. The van der Waals surface area contributed by atoms with E-state index < -0.39 is 11.9 Å². The number of unbranched alkanes of at least 4 members (excludes halogenated alkanes) is 2. The Morgan fingerprint density at radius 1 is 1.11 bits per heavy atom. The molecule has 0 radical (unpaired) electrons. The number of aliphatic carboxylic acids is 1. The Kier molecular flexibility index (Phi) is 13.4. The summed E-state index contributed by atoms with van der Waals surface area (Å²) in [5, 5.41) is 8.38. The number of hydrogen-bond acceptors (Lipinski definition) is 6. The van der Waals surface area contributed by atoms with Gasteiger partial charge in [-0.1, -0.05) is 46.3 Å². The molecule has 1 saturated heterocycles. The van der Waals surface area contributed by atoms with Crippen LogP contribution in [0, 0.1) is 5.92 Å². The molecule has 1 aliphatic rings. The van der Waals surface area contributed by atoms with E-state index in [1.165, 1.54) is 6.42 Å². The molecule has 0 aromatic carbocycles. The molecule has 28 heavy (non-hydrogen) atoms. The number of rotatable bonds is 12. The summed E-state index contributed by atoms with van der Waals surface area (Å²) >= 11 is 0. The first-order chi connectivity index (χ1) is 13.1. The van der Waals surface area contributed by atoms with Gasteiger partial charge in [0.1, 0.15) is 12.7 Å². The van der Waals surface area contributed by atoms with Crippen molar-refractivity contribution in [2.45, 2.75) is 52.6 Å². The average molecular weight is 396 g/mol. The van der Waals surface area contributed by atoms with Crippen LogP contribution >= 0.6 is 0 Å². The molecule has 7 heteroatoms. The zero-order valence-electron chi connectivity index (χ0n) is 17.1. The summed E-state index contributed by atoms with van der Waals surface area (Å²) in [7, 11) is 0. The van der Waals surface area contributed by atoms with Gasteiger partial charge in [-0.2, -0.15) is 0 Å². The highest BCUT2D eigenvalue weighted by Gasteiger charge is 2.24. The van der Waals surface area contributed by atoms with Crippen molar-refractivity contribution in [2.75, 3.05) is 19.8 Å². The number of hydrogen-bond donors (Lipinski definition) is 1. The lowest BCUT2D eigenvalue weighted by molar-refractivity contribution is -0.140. The molecule has 1 fully saturated rings. The fraction of sp³-hybridized carbons (Fsp3) is 0.571. The maximum absolute atomic E-state index is 11.3. The summed E-state index contributed by atoms with van der Waals surface area (Å²) in [6.07, 6.45) is 6.33. The Morgan fingerprint density at radius 3 is 2.25 bits per heavy atom. The molecule has 0 aromatic heterocycles. The first kappa shape index (κ1) is 25.6. The van der Waals surface area contributed by atoms with E-state index in [1.54, 1.807) is 6.92 Å². The third-order valence-corrected chi connectivity index (χ3v) is 3.50. The van der Waals surface area contributed by atoms with Crippen LogP contribution in [0.3, 0.4) is 0 Å². The van der Waals surface area contributed by atoms with Crippen molar-refractivity contribution in [3.8, 4) is 0 Å². The number of carbonyl (C=O) groups excluding carboxylic acids is 2. The largest absolute Gasteiger partial charge is 0.478 e. The van der Waals surface area contributed by atoms with Crippen molar-refractivity contribution >= 4 is 17.9 Å². The Balaban J connectivity index is 0.000000609. The Bertz CT molecular complexity index is 571. The number of carboxylic acid groups (broad SMARTS) is 1. The predicted molar refractivity (Wildman–Crippen MR) is 106 cm³/mol. The number of carbonyl (C=O) groups is 3. The zero-order chi connectivity index (χ0) is 21.5. The second-order valence-electron chi connectivity index (χ2n) is 6.91. The molecule has 1 unspecified atom stereocenters. The molecule has 7 nitrogen and oxygen atoms in total. The minimum Gasteiger partial charge on any atom is -0.478 e. The second kappa shape index (κ2) is 14.6. The summed E-state index contributed by atoms with van der Waals surface area (Å²) in [5.41, 5.74) is 0.486. The molecule has 1 N–H and O–H groups in total. The van der Waals surface area contributed by atoms with Crippen LogP contribution in [0.1, 0.15) is 46.5 Å². The number of esters is 2. The van der Waals surface area contributed by atoms with Crippen LogP contribution in [0.4, 0.5) is 0 Å². The topological polar surface area (TPSA) is 102 Å². The van der Waals surface area contributed by atoms with Crippen LogP contribution in [0.25, 0.3) is 0 Å². The van der Waals surface area contributed by atoms with Gasteiger partial charge < -0.3 is 19.3 Å². The lowest BCUT2D eigenvalue weighted by Gasteiger charge is -2.05. The molecule has 158 valence electrons. The van der Waals surface area contributed by atoms with Crippen molar-refractivity contribution in [1.29, 1.82) is 0 Å². The van der Waals surface area contributed by atoms with Gasteiger partial charge in [0.2, 0.25) is 0 Å². The van der Waals surface area contributed by atoms with E-state index in [4.69, 9.17) is 19.3 Å². The van der Waals surface area contributed by atoms with Crippen LogP contribution < -0.4 is 0 Å². The van der Waals surface area contributed by atoms with E-state index in [-0.39, 0.29) is 17.6 Å². The summed E-state index contributed by atoms with van der Waals surface area (Å²) < 4.78 is 14.6. The van der Waals surface area contributed by atoms with Gasteiger partial charge >= 0.3 is 17.9 Å². The highest BCUT2D eigenvalue weighted by Crippen LogP contribution is 2.09. The molecule has 1 rings (SSSR count). The maximum atomic E-state index is 11.3. The van der Waals surface area contributed by atoms with Crippen LogP contribution in [-0.2, 0) is 28.6 Å². The molecule has 0 bridgehead atoms. The van der Waals surface area contributed by atoms with E-state index in [0.29, 0.717) is 31.3 Å². The first-order valence-electron chi connectivity index (χ1n) is 9.34. The van der Waals surface area contributed by atoms with Crippen LogP contribution in [-0.4, -0.2) is 48.9 Å². The molecule has 0 aromatic rings. The van der Waals surface area contributed by atoms with E-state index in [0.717, 1.165) is 31.4 Å². The lowest BCUT2D eigenvalue weighted by Crippen LogP contribution is -2.09. The van der Waals surface area contributed by atoms with Crippen molar-refractivity contribution < 1.29 is 33.7 Å². The molecule has 0 spiro atoms. The van der Waals surface area contributed by atoms with Crippen LogP contribution in [0.15, 0.2) is 36.5 Å². The van der Waals surface area contributed by atoms with Crippen molar-refractivity contribution in [3.05, 3.63) is 36.5 Å². The van der Waals surface area contributed by atoms with Gasteiger partial charge in [-0.25, -0.2) is 14.4 Å². The van der Waals surface area contributed by atoms with E-state index >= 15 is 0 Å². The molecule has 0 aliphatic carbocycles. The van der Waals surface area contributed by atoms with Gasteiger partial charge in [-0.15, -0.1) is 0 Å². The Morgan fingerprint density at radius 2 is 1.75 bits per heavy atom. The van der Waals surface area contributed by atoms with Gasteiger partial charge in [0.25, 0.3) is 0 Å². The Labute approximate surface area is 167 Å². The van der Waals surface area contributed by atoms with Gasteiger partial charge in [0.05, 0.1) is 18.8 Å². The Hall–Kier alpha value is -2.41. The van der Waals surface area contributed by atoms with Gasteiger partial charge in [-0.05, 0) is 25.3 Å². The normalized spacial score (nSPS) is 14.8. The molecular formula is C21H32O7. The van der Waals surface area contributed by atoms with Crippen molar-refractivity contribution in [1.82, 2.24) is 0 Å². The monoisotopic (exact) mass is 396 g/mol. The fourth-order valence-electron chi connectivity index (χ4n) is 1.79. The number of epoxide rings is 1. The third-order valence-electron chi connectivity index (χ3n) is 3.50. The summed E-state index contributed by atoms with van der Waals surface area (Å²) in [4.78, 5) is 32.3. The van der Waals surface area contributed by atoms with Crippen LogP contribution in [0.2, 0.25) is 0 Å². The van der Waals surface area contributed by atoms with Crippen molar-refractivity contribution in [3.63, 3.8) is 0 Å². The summed E-state index contributed by atoms with van der Waals surface area (Å²) in [6.45, 7) is 14.3. The minimum absolute atomic E-state index is 0.0552. The predicted octanol–water partition coefficient (Wildman–Crippen LogP) is 3.45. The molecule has 0 amide bonds. The van der Waals surface area contributed by atoms with E-state index in [1.807, 2.05) is 0 Å². The molecule has 0 saturated carbocycles. The summed E-state index contributed by atoms with van der Waals surface area (Å²) in [6, 6.07) is 0. The second-order valence-corrected chi connectivity index (χ2v) is 6.91. The fourth-order valence-corrected chi connectivity index (χ4v) is 1.79. The highest BCUT2D eigenvalue weighted by molar-refractivity contribution is 5.93. The highest BCUT2D eigenvalue weighted by atomic mass is 16.6. The SMILES string of the molecule is C=C(C)C(=O)OCC1CO1.C=C(C=CC(=O)O)C(=O)OCCCCCC(C)C.